The van der Waals surface area contributed by atoms with E-state index in [4.69, 9.17) is 7.85 Å². The summed E-state index contributed by atoms with van der Waals surface area (Å²) in [5.41, 5.74) is 1.34. The molecule has 0 amide bonds. The van der Waals surface area contributed by atoms with E-state index >= 15 is 0 Å². The van der Waals surface area contributed by atoms with Crippen molar-refractivity contribution in [3.63, 3.8) is 0 Å². The first kappa shape index (κ1) is 6.23. The molecule has 0 fully saturated rings. The van der Waals surface area contributed by atoms with E-state index in [0.717, 1.165) is 5.56 Å². The van der Waals surface area contributed by atoms with Crippen LogP contribution in [0.3, 0.4) is 0 Å². The lowest BCUT2D eigenvalue weighted by Gasteiger charge is -1.98. The number of hydrogen-bond donors (Lipinski definition) is 1. The van der Waals surface area contributed by atoms with Gasteiger partial charge in [0.15, 0.2) is 0 Å². The van der Waals surface area contributed by atoms with Crippen LogP contribution in [-0.2, 0) is 11.2 Å². The van der Waals surface area contributed by atoms with E-state index in [1.54, 1.807) is 18.2 Å². The van der Waals surface area contributed by atoms with Crippen LogP contribution in [0, 0.1) is 6.92 Å². The number of rotatable bonds is 3. The smallest absolute Gasteiger partial charge is 0.303 e. The number of carbonyl (C=O) groups is 1. The van der Waals surface area contributed by atoms with Gasteiger partial charge in [-0.05, 0) is 18.9 Å². The van der Waals surface area contributed by atoms with Crippen LogP contribution in [-0.4, -0.2) is 11.1 Å². The average molecular weight is 166 g/mol. The lowest BCUT2D eigenvalue weighted by atomic mass is 10.1. The van der Waals surface area contributed by atoms with Gasteiger partial charge in [0.05, 0.1) is 0 Å². The van der Waals surface area contributed by atoms with Crippen molar-refractivity contribution in [3.05, 3.63) is 35.4 Å². The Kier molecular flexibility index (Phi) is 2.03. The van der Waals surface area contributed by atoms with E-state index in [1.165, 1.54) is 0 Å². The second-order valence-corrected chi connectivity index (χ2v) is 2.62. The van der Waals surface area contributed by atoms with Crippen molar-refractivity contribution in [1.82, 2.24) is 0 Å². The summed E-state index contributed by atoms with van der Waals surface area (Å²) < 4.78 is 15.2. The maximum absolute atomic E-state index is 10.4. The van der Waals surface area contributed by atoms with Crippen molar-refractivity contribution >= 4 is 5.97 Å². The van der Waals surface area contributed by atoms with Crippen molar-refractivity contribution < 1.29 is 12.6 Å². The highest BCUT2D eigenvalue weighted by Crippen LogP contribution is 2.06. The van der Waals surface area contributed by atoms with E-state index in [0.29, 0.717) is 5.56 Å². The minimum Gasteiger partial charge on any atom is -0.481 e. The molecule has 0 heterocycles. The van der Waals surface area contributed by atoms with Gasteiger partial charge >= 0.3 is 5.97 Å². The summed E-state index contributed by atoms with van der Waals surface area (Å²) in [5.74, 6) is -1.13. The highest BCUT2D eigenvalue weighted by atomic mass is 16.4. The van der Waals surface area contributed by atoms with Crippen molar-refractivity contribution in [2.75, 3.05) is 0 Å². The van der Waals surface area contributed by atoms with Gasteiger partial charge in [-0.15, -0.1) is 0 Å². The van der Waals surface area contributed by atoms with Crippen LogP contribution >= 0.6 is 0 Å². The fourth-order valence-corrected chi connectivity index (χ4v) is 0.933. The molecule has 1 N–H and O–H groups in total. The molecule has 0 saturated carbocycles. The van der Waals surface area contributed by atoms with E-state index in [2.05, 4.69) is 0 Å². The van der Waals surface area contributed by atoms with Gasteiger partial charge in [-0.2, -0.15) is 0 Å². The van der Waals surface area contributed by atoms with Gasteiger partial charge < -0.3 is 5.11 Å². The standard InChI is InChI=1S/C10H12O2/c1-8-3-2-4-9(7-8)5-6-10(11)12/h2-4,7H,5-6H2,1H3,(H,11,12)/i5D2. The first-order valence-electron chi connectivity index (χ1n) is 4.71. The van der Waals surface area contributed by atoms with E-state index < -0.39 is 18.8 Å². The number of benzene rings is 1. The molecule has 2 nitrogen and oxygen atoms in total. The average Bonchev–Trinajstić information content (AvgIpc) is 2.01. The van der Waals surface area contributed by atoms with Crippen LogP contribution in [0.4, 0.5) is 0 Å². The number of aryl methyl sites for hydroxylation is 2. The Morgan fingerprint density at radius 1 is 1.67 bits per heavy atom. The highest BCUT2D eigenvalue weighted by Gasteiger charge is 1.98. The maximum Gasteiger partial charge on any atom is 0.303 e. The lowest BCUT2D eigenvalue weighted by Crippen LogP contribution is -1.97. The fourth-order valence-electron chi connectivity index (χ4n) is 0.933. The molecule has 0 bridgehead atoms. The van der Waals surface area contributed by atoms with E-state index in [-0.39, 0.29) is 0 Å². The molecule has 0 aliphatic heterocycles. The molecule has 12 heavy (non-hydrogen) atoms. The van der Waals surface area contributed by atoms with Crippen molar-refractivity contribution in [2.24, 2.45) is 0 Å². The predicted octanol–water partition coefficient (Wildman–Crippen LogP) is 2.01. The Morgan fingerprint density at radius 3 is 3.00 bits per heavy atom. The third-order valence-electron chi connectivity index (χ3n) is 1.46. The second-order valence-electron chi connectivity index (χ2n) is 2.62. The Hall–Kier alpha value is -1.31. The van der Waals surface area contributed by atoms with Gasteiger partial charge in [0, 0.05) is 9.16 Å². The topological polar surface area (TPSA) is 37.3 Å². The molecule has 1 aromatic carbocycles. The summed E-state index contributed by atoms with van der Waals surface area (Å²) in [6, 6.07) is 6.85. The molecule has 0 radical (unpaired) electrons. The van der Waals surface area contributed by atoms with Crippen LogP contribution in [0.2, 0.25) is 0 Å². The van der Waals surface area contributed by atoms with E-state index in [1.807, 2.05) is 13.0 Å². The van der Waals surface area contributed by atoms with Gasteiger partial charge in [0.2, 0.25) is 0 Å². The molecule has 0 saturated heterocycles. The molecule has 2 heteroatoms. The third kappa shape index (κ3) is 2.74. The zero-order valence-electron chi connectivity index (χ0n) is 8.87. The van der Waals surface area contributed by atoms with Gasteiger partial charge in [0.1, 0.15) is 0 Å². The Bertz CT molecular complexity index is 348. The molecule has 1 rings (SSSR count). The lowest BCUT2D eigenvalue weighted by molar-refractivity contribution is -0.136. The molecule has 0 atom stereocenters. The highest BCUT2D eigenvalue weighted by molar-refractivity contribution is 5.67. The molecular weight excluding hydrogens is 152 g/mol. The summed E-state index contributed by atoms with van der Waals surface area (Å²) in [7, 11) is 0. The molecule has 64 valence electrons. The molecule has 0 aliphatic rings. The largest absolute Gasteiger partial charge is 0.481 e. The maximum atomic E-state index is 10.4. The van der Waals surface area contributed by atoms with Gasteiger partial charge in [-0.25, -0.2) is 0 Å². The summed E-state index contributed by atoms with van der Waals surface area (Å²) >= 11 is 0. The summed E-state index contributed by atoms with van der Waals surface area (Å²) in [6.07, 6.45) is -2.30. The van der Waals surface area contributed by atoms with Gasteiger partial charge in [-0.1, -0.05) is 29.8 Å². The van der Waals surface area contributed by atoms with Crippen LogP contribution < -0.4 is 0 Å². The minimum absolute atomic E-state index is 0.417. The molecule has 1 aromatic rings. The van der Waals surface area contributed by atoms with Crippen LogP contribution in [0.5, 0.6) is 0 Å². The van der Waals surface area contributed by atoms with Gasteiger partial charge in [0.25, 0.3) is 0 Å². The van der Waals surface area contributed by atoms with E-state index in [9.17, 15) is 4.79 Å². The first-order chi connectivity index (χ1) is 6.42. The summed E-state index contributed by atoms with van der Waals surface area (Å²) in [5, 5.41) is 8.54. The monoisotopic (exact) mass is 166 g/mol. The number of carboxylic acid groups (broad SMARTS) is 1. The number of carboxylic acids is 1. The van der Waals surface area contributed by atoms with Crippen LogP contribution in [0.15, 0.2) is 24.3 Å². The summed E-state index contributed by atoms with van der Waals surface area (Å²) in [6.45, 7) is 1.85. The molecular formula is C10H12O2. The second kappa shape index (κ2) is 3.90. The molecule has 0 spiro atoms. The third-order valence-corrected chi connectivity index (χ3v) is 1.46. The number of hydrogen-bond acceptors (Lipinski definition) is 1. The predicted molar refractivity (Wildman–Crippen MR) is 47.1 cm³/mol. The zero-order chi connectivity index (χ0) is 10.8. The Morgan fingerprint density at radius 2 is 2.42 bits per heavy atom. The minimum atomic E-state index is -1.79. The zero-order valence-corrected chi connectivity index (χ0v) is 6.87. The molecule has 0 aromatic heterocycles. The first-order valence-corrected chi connectivity index (χ1v) is 3.71. The fraction of sp³-hybridized carbons (Fsp3) is 0.300. The molecule has 0 unspecified atom stereocenters. The Balaban J connectivity index is 2.97. The summed E-state index contributed by atoms with van der Waals surface area (Å²) in [4.78, 5) is 10.4. The number of aliphatic carboxylic acids is 1. The van der Waals surface area contributed by atoms with Gasteiger partial charge in [-0.3, -0.25) is 4.79 Å². The van der Waals surface area contributed by atoms with Crippen LogP contribution in [0.25, 0.3) is 0 Å². The normalized spacial score (nSPS) is 13.4. The Labute approximate surface area is 74.7 Å². The quantitative estimate of drug-likeness (QED) is 0.745. The van der Waals surface area contributed by atoms with Crippen molar-refractivity contribution in [2.45, 2.75) is 19.7 Å². The molecule has 0 aliphatic carbocycles. The van der Waals surface area contributed by atoms with Crippen molar-refractivity contribution in [3.8, 4) is 0 Å². The SMILES string of the molecule is [2H]C([2H])(CC(=O)O)c1cccc(C)c1. The van der Waals surface area contributed by atoms with Crippen molar-refractivity contribution in [1.29, 1.82) is 0 Å². The van der Waals surface area contributed by atoms with Crippen LogP contribution in [0.1, 0.15) is 20.3 Å².